The zero-order valence-corrected chi connectivity index (χ0v) is 6.39. The van der Waals surface area contributed by atoms with E-state index in [-0.39, 0.29) is 0 Å². The Labute approximate surface area is 61.4 Å². The van der Waals surface area contributed by atoms with Crippen molar-refractivity contribution in [3.8, 4) is 0 Å². The molecule has 0 atom stereocenters. The van der Waals surface area contributed by atoms with E-state index in [1.807, 2.05) is 6.08 Å². The van der Waals surface area contributed by atoms with Gasteiger partial charge in [-0.05, 0) is 12.0 Å². The predicted molar refractivity (Wildman–Crippen MR) is 43.7 cm³/mol. The second-order valence-electron chi connectivity index (χ2n) is 2.63. The lowest BCUT2D eigenvalue weighted by Gasteiger charge is -2.15. The van der Waals surface area contributed by atoms with Gasteiger partial charge in [-0.2, -0.15) is 0 Å². The fourth-order valence-corrected chi connectivity index (χ4v) is 0.785. The zero-order chi connectivity index (χ0) is 7.56. The average molecular weight is 136 g/mol. The molecule has 0 spiro atoms. The summed E-state index contributed by atoms with van der Waals surface area (Å²) in [7, 11) is 0. The molecule has 0 aromatic carbocycles. The van der Waals surface area contributed by atoms with Crippen molar-refractivity contribution >= 4 is 6.21 Å². The van der Waals surface area contributed by atoms with Crippen LogP contribution in [0.1, 0.15) is 13.8 Å². The summed E-state index contributed by atoms with van der Waals surface area (Å²) in [6.07, 6.45) is 3.74. The Bertz CT molecular complexity index is 199. The summed E-state index contributed by atoms with van der Waals surface area (Å²) in [4.78, 5) is 3.96. The zero-order valence-electron chi connectivity index (χ0n) is 6.39. The molecule has 0 fully saturated rings. The lowest BCUT2D eigenvalue weighted by Crippen LogP contribution is -2.18. The molecule has 1 aliphatic heterocycles. The number of allylic oxidation sites excluding steroid dienone is 2. The standard InChI is InChI=1S/C8H12N2/c1-6(2)8-4-5-9-7(3)10-8/h4-6,10H,3H2,1-2H3. The molecule has 1 rings (SSSR count). The number of nitrogens with one attached hydrogen (secondary N) is 1. The Morgan fingerprint density at radius 2 is 2.30 bits per heavy atom. The molecule has 0 bridgehead atoms. The molecule has 0 radical (unpaired) electrons. The maximum atomic E-state index is 3.96. The molecule has 0 aromatic rings. The number of hydrogen-bond donors (Lipinski definition) is 1. The first-order chi connectivity index (χ1) is 4.70. The fraction of sp³-hybridized carbons (Fsp3) is 0.375. The SMILES string of the molecule is C=C1N=CC=C(C(C)C)N1. The molecule has 0 unspecified atom stereocenters. The van der Waals surface area contributed by atoms with Crippen LogP contribution in [0, 0.1) is 5.92 Å². The highest BCUT2D eigenvalue weighted by molar-refractivity contribution is 5.74. The topological polar surface area (TPSA) is 24.4 Å². The molecular weight excluding hydrogens is 124 g/mol. The van der Waals surface area contributed by atoms with E-state index in [4.69, 9.17) is 0 Å². The first-order valence-corrected chi connectivity index (χ1v) is 3.40. The van der Waals surface area contributed by atoms with Gasteiger partial charge in [0.25, 0.3) is 0 Å². The van der Waals surface area contributed by atoms with Crippen molar-refractivity contribution in [3.05, 3.63) is 24.2 Å². The molecule has 0 saturated carbocycles. The molecule has 1 N–H and O–H groups in total. The van der Waals surface area contributed by atoms with Crippen LogP contribution in [0.5, 0.6) is 0 Å². The van der Waals surface area contributed by atoms with Crippen LogP contribution in [-0.2, 0) is 0 Å². The molecule has 10 heavy (non-hydrogen) atoms. The minimum Gasteiger partial charge on any atom is -0.344 e. The second-order valence-corrected chi connectivity index (χ2v) is 2.63. The Morgan fingerprint density at radius 1 is 1.60 bits per heavy atom. The second kappa shape index (κ2) is 2.69. The van der Waals surface area contributed by atoms with Gasteiger partial charge in [0.1, 0.15) is 5.82 Å². The van der Waals surface area contributed by atoms with Gasteiger partial charge in [-0.25, -0.2) is 4.99 Å². The van der Waals surface area contributed by atoms with Crippen molar-refractivity contribution in [1.29, 1.82) is 0 Å². The van der Waals surface area contributed by atoms with E-state index in [1.54, 1.807) is 6.21 Å². The van der Waals surface area contributed by atoms with Gasteiger partial charge < -0.3 is 5.32 Å². The molecular formula is C8H12N2. The lowest BCUT2D eigenvalue weighted by molar-refractivity contribution is 0.695. The highest BCUT2D eigenvalue weighted by Crippen LogP contribution is 2.09. The van der Waals surface area contributed by atoms with Crippen LogP contribution in [0.15, 0.2) is 29.2 Å². The summed E-state index contributed by atoms with van der Waals surface area (Å²) in [5, 5.41) is 3.08. The largest absolute Gasteiger partial charge is 0.344 e. The van der Waals surface area contributed by atoms with Crippen LogP contribution in [-0.4, -0.2) is 6.21 Å². The molecule has 1 aliphatic rings. The average Bonchev–Trinajstić information content (AvgIpc) is 1.88. The Morgan fingerprint density at radius 3 is 2.70 bits per heavy atom. The number of hydrogen-bond acceptors (Lipinski definition) is 2. The highest BCUT2D eigenvalue weighted by Gasteiger charge is 2.04. The first-order valence-electron chi connectivity index (χ1n) is 3.40. The van der Waals surface area contributed by atoms with Gasteiger partial charge in [-0.1, -0.05) is 20.4 Å². The number of rotatable bonds is 1. The van der Waals surface area contributed by atoms with Crippen molar-refractivity contribution in [2.45, 2.75) is 13.8 Å². The van der Waals surface area contributed by atoms with E-state index < -0.39 is 0 Å². The minimum absolute atomic E-state index is 0.517. The summed E-state index contributed by atoms with van der Waals surface area (Å²) in [6, 6.07) is 0. The van der Waals surface area contributed by atoms with Gasteiger partial charge >= 0.3 is 0 Å². The van der Waals surface area contributed by atoms with E-state index in [0.717, 1.165) is 5.82 Å². The van der Waals surface area contributed by atoms with Crippen LogP contribution >= 0.6 is 0 Å². The molecule has 1 heterocycles. The fourth-order valence-electron chi connectivity index (χ4n) is 0.785. The van der Waals surface area contributed by atoms with Crippen LogP contribution in [0.2, 0.25) is 0 Å². The van der Waals surface area contributed by atoms with Gasteiger partial charge in [-0.15, -0.1) is 0 Å². The van der Waals surface area contributed by atoms with E-state index in [1.165, 1.54) is 5.70 Å². The minimum atomic E-state index is 0.517. The molecule has 2 nitrogen and oxygen atoms in total. The summed E-state index contributed by atoms with van der Waals surface area (Å²) in [5.41, 5.74) is 1.18. The Hall–Kier alpha value is -1.05. The molecule has 0 saturated heterocycles. The Balaban J connectivity index is 2.70. The Kier molecular flexibility index (Phi) is 1.90. The molecule has 0 aliphatic carbocycles. The first kappa shape index (κ1) is 7.06. The normalized spacial score (nSPS) is 17.1. The van der Waals surface area contributed by atoms with E-state index in [2.05, 4.69) is 30.7 Å². The van der Waals surface area contributed by atoms with Crippen LogP contribution < -0.4 is 5.32 Å². The van der Waals surface area contributed by atoms with E-state index in [9.17, 15) is 0 Å². The van der Waals surface area contributed by atoms with Crippen molar-refractivity contribution in [1.82, 2.24) is 5.32 Å². The van der Waals surface area contributed by atoms with Crippen molar-refractivity contribution < 1.29 is 0 Å². The monoisotopic (exact) mass is 136 g/mol. The van der Waals surface area contributed by atoms with Gasteiger partial charge in [0.2, 0.25) is 0 Å². The summed E-state index contributed by atoms with van der Waals surface area (Å²) in [5.74, 6) is 1.25. The van der Waals surface area contributed by atoms with Gasteiger partial charge in [0.05, 0.1) is 0 Å². The molecule has 54 valence electrons. The quantitative estimate of drug-likeness (QED) is 0.582. The van der Waals surface area contributed by atoms with E-state index in [0.29, 0.717) is 5.92 Å². The molecule has 2 heteroatoms. The summed E-state index contributed by atoms with van der Waals surface area (Å²) < 4.78 is 0. The summed E-state index contributed by atoms with van der Waals surface area (Å²) >= 11 is 0. The van der Waals surface area contributed by atoms with Gasteiger partial charge in [0.15, 0.2) is 0 Å². The van der Waals surface area contributed by atoms with Gasteiger partial charge in [-0.3, -0.25) is 0 Å². The number of nitrogens with zero attached hydrogens (tertiary/aromatic N) is 1. The summed E-state index contributed by atoms with van der Waals surface area (Å²) in [6.45, 7) is 7.96. The molecule has 0 amide bonds. The van der Waals surface area contributed by atoms with Crippen LogP contribution in [0.25, 0.3) is 0 Å². The smallest absolute Gasteiger partial charge is 0.122 e. The van der Waals surface area contributed by atoms with Crippen molar-refractivity contribution in [3.63, 3.8) is 0 Å². The third-order valence-corrected chi connectivity index (χ3v) is 1.40. The number of aliphatic imine (C=N–C) groups is 1. The third kappa shape index (κ3) is 1.47. The van der Waals surface area contributed by atoms with Crippen molar-refractivity contribution in [2.24, 2.45) is 10.9 Å². The lowest BCUT2D eigenvalue weighted by atomic mass is 10.1. The third-order valence-electron chi connectivity index (χ3n) is 1.40. The molecule has 0 aromatic heterocycles. The van der Waals surface area contributed by atoms with Crippen molar-refractivity contribution in [2.75, 3.05) is 0 Å². The maximum absolute atomic E-state index is 3.96. The van der Waals surface area contributed by atoms with Crippen LogP contribution in [0.3, 0.4) is 0 Å². The van der Waals surface area contributed by atoms with Gasteiger partial charge in [0, 0.05) is 11.9 Å². The maximum Gasteiger partial charge on any atom is 0.122 e. The highest BCUT2D eigenvalue weighted by atomic mass is 15.0. The predicted octanol–water partition coefficient (Wildman–Crippen LogP) is 1.67. The van der Waals surface area contributed by atoms with Crippen LogP contribution in [0.4, 0.5) is 0 Å². The van der Waals surface area contributed by atoms with E-state index >= 15 is 0 Å².